The lowest BCUT2D eigenvalue weighted by Gasteiger charge is -2.14. The fourth-order valence-corrected chi connectivity index (χ4v) is 4.00. The molecular formula is C15H15NO4S. The highest BCUT2D eigenvalue weighted by Gasteiger charge is 2.49. The van der Waals surface area contributed by atoms with Crippen LogP contribution in [0.3, 0.4) is 0 Å². The first-order valence-corrected chi connectivity index (χ1v) is 7.73. The van der Waals surface area contributed by atoms with Gasteiger partial charge in [0.1, 0.15) is 0 Å². The van der Waals surface area contributed by atoms with Crippen molar-refractivity contribution >= 4 is 35.2 Å². The maximum atomic E-state index is 12.2. The minimum absolute atomic E-state index is 0.0430. The van der Waals surface area contributed by atoms with Gasteiger partial charge in [0.15, 0.2) is 0 Å². The molecular weight excluding hydrogens is 290 g/mol. The summed E-state index contributed by atoms with van der Waals surface area (Å²) in [5.41, 5.74) is 0. The van der Waals surface area contributed by atoms with Gasteiger partial charge in [0.25, 0.3) is 0 Å². The van der Waals surface area contributed by atoms with Crippen LogP contribution >= 0.6 is 11.3 Å². The van der Waals surface area contributed by atoms with Crippen molar-refractivity contribution in [2.75, 3.05) is 0 Å². The van der Waals surface area contributed by atoms with E-state index in [0.29, 0.717) is 6.54 Å². The Morgan fingerprint density at radius 1 is 1.29 bits per heavy atom. The van der Waals surface area contributed by atoms with Gasteiger partial charge in [-0.25, -0.2) is 4.79 Å². The van der Waals surface area contributed by atoms with Crippen LogP contribution in [0.2, 0.25) is 0 Å². The number of rotatable bonds is 4. The molecule has 1 aromatic heterocycles. The maximum Gasteiger partial charge on any atom is 0.328 e. The second-order valence-electron chi connectivity index (χ2n) is 5.38. The summed E-state index contributed by atoms with van der Waals surface area (Å²) in [7, 11) is 0. The van der Waals surface area contributed by atoms with Gasteiger partial charge in [-0.15, -0.1) is 11.3 Å². The minimum Gasteiger partial charge on any atom is -0.478 e. The first kappa shape index (κ1) is 14.0. The number of amides is 2. The van der Waals surface area contributed by atoms with Gasteiger partial charge in [0, 0.05) is 15.8 Å². The van der Waals surface area contributed by atoms with Gasteiger partial charge in [0.2, 0.25) is 11.8 Å². The Balaban J connectivity index is 1.71. The highest BCUT2D eigenvalue weighted by molar-refractivity contribution is 7.12. The van der Waals surface area contributed by atoms with E-state index in [2.05, 4.69) is 0 Å². The molecule has 1 aliphatic heterocycles. The number of carboxylic acid groups (broad SMARTS) is 1. The normalized spacial score (nSPS) is 25.0. The number of likely N-dealkylation sites (tertiary alicyclic amines) is 1. The minimum atomic E-state index is -0.998. The zero-order valence-electron chi connectivity index (χ0n) is 11.3. The van der Waals surface area contributed by atoms with E-state index in [4.69, 9.17) is 5.11 Å². The molecule has 3 rings (SSSR count). The van der Waals surface area contributed by atoms with Gasteiger partial charge in [-0.2, -0.15) is 0 Å². The summed E-state index contributed by atoms with van der Waals surface area (Å²) in [4.78, 5) is 38.0. The van der Waals surface area contributed by atoms with Crippen molar-refractivity contribution in [2.45, 2.75) is 25.8 Å². The largest absolute Gasteiger partial charge is 0.478 e. The fourth-order valence-electron chi connectivity index (χ4n) is 3.09. The molecule has 0 radical (unpaired) electrons. The Bertz CT molecular complexity index is 611. The molecule has 0 bridgehead atoms. The third kappa shape index (κ3) is 2.63. The highest BCUT2D eigenvalue weighted by atomic mass is 32.1. The number of carbonyl (C=O) groups is 3. The standard InChI is InChI=1S/C15H15NO4S/c17-13(18)7-6-9-4-5-10(21-9)8-16-14(19)11-2-1-3-12(11)15(16)20/h4-7,11-12H,1-3,8H2,(H,17,18)/b7-6+. The van der Waals surface area contributed by atoms with Crippen molar-refractivity contribution in [3.63, 3.8) is 0 Å². The smallest absolute Gasteiger partial charge is 0.328 e. The topological polar surface area (TPSA) is 74.7 Å². The van der Waals surface area contributed by atoms with Gasteiger partial charge in [0.05, 0.1) is 18.4 Å². The summed E-state index contributed by atoms with van der Waals surface area (Å²) < 4.78 is 0. The van der Waals surface area contributed by atoms with Crippen molar-refractivity contribution in [3.05, 3.63) is 28.0 Å². The third-order valence-electron chi connectivity index (χ3n) is 4.07. The Morgan fingerprint density at radius 3 is 2.57 bits per heavy atom. The van der Waals surface area contributed by atoms with E-state index in [1.807, 2.05) is 6.07 Å². The number of fused-ring (bicyclic) bond motifs is 1. The lowest BCUT2D eigenvalue weighted by molar-refractivity contribution is -0.141. The van der Waals surface area contributed by atoms with Crippen LogP contribution in [0.15, 0.2) is 18.2 Å². The molecule has 1 aromatic rings. The lowest BCUT2D eigenvalue weighted by Crippen LogP contribution is -2.30. The van der Waals surface area contributed by atoms with Crippen LogP contribution in [0.4, 0.5) is 0 Å². The van der Waals surface area contributed by atoms with Crippen molar-refractivity contribution in [1.29, 1.82) is 0 Å². The number of hydrogen-bond acceptors (Lipinski definition) is 4. The van der Waals surface area contributed by atoms with Crippen LogP contribution in [-0.4, -0.2) is 27.8 Å². The SMILES string of the molecule is O=C(O)/C=C/c1ccc(CN2C(=O)C3CCCC3C2=O)s1. The van der Waals surface area contributed by atoms with Crippen LogP contribution in [0.25, 0.3) is 6.08 Å². The van der Waals surface area contributed by atoms with Gasteiger partial charge in [-0.1, -0.05) is 6.42 Å². The first-order valence-electron chi connectivity index (χ1n) is 6.91. The fraction of sp³-hybridized carbons (Fsp3) is 0.400. The average Bonchev–Trinajstić information content (AvgIpc) is 3.13. The molecule has 6 heteroatoms. The first-order chi connectivity index (χ1) is 10.1. The molecule has 110 valence electrons. The number of hydrogen-bond donors (Lipinski definition) is 1. The van der Waals surface area contributed by atoms with Gasteiger partial charge < -0.3 is 5.11 Å². The molecule has 2 atom stereocenters. The summed E-state index contributed by atoms with van der Waals surface area (Å²) in [6.45, 7) is 0.302. The molecule has 5 nitrogen and oxygen atoms in total. The summed E-state index contributed by atoms with van der Waals surface area (Å²) in [5.74, 6) is -1.30. The van der Waals surface area contributed by atoms with Crippen molar-refractivity contribution in [1.82, 2.24) is 4.90 Å². The molecule has 2 unspecified atom stereocenters. The Morgan fingerprint density at radius 2 is 1.95 bits per heavy atom. The number of nitrogens with zero attached hydrogens (tertiary/aromatic N) is 1. The molecule has 2 aliphatic rings. The molecule has 1 saturated heterocycles. The number of aliphatic carboxylic acids is 1. The summed E-state index contributed by atoms with van der Waals surface area (Å²) in [5, 5.41) is 8.59. The summed E-state index contributed by atoms with van der Waals surface area (Å²) in [6.07, 6.45) is 5.19. The molecule has 2 fully saturated rings. The third-order valence-corrected chi connectivity index (χ3v) is 5.10. The molecule has 0 spiro atoms. The van der Waals surface area contributed by atoms with Crippen molar-refractivity contribution in [2.24, 2.45) is 11.8 Å². The Labute approximate surface area is 125 Å². The zero-order chi connectivity index (χ0) is 15.0. The van der Waals surface area contributed by atoms with Crippen molar-refractivity contribution < 1.29 is 19.5 Å². The number of imide groups is 1. The monoisotopic (exact) mass is 305 g/mol. The lowest BCUT2D eigenvalue weighted by atomic mass is 10.00. The van der Waals surface area contributed by atoms with Gasteiger partial charge in [-0.05, 0) is 31.1 Å². The molecule has 1 saturated carbocycles. The Hall–Kier alpha value is -1.95. The van der Waals surface area contributed by atoms with Gasteiger partial charge in [-0.3, -0.25) is 14.5 Å². The zero-order valence-corrected chi connectivity index (χ0v) is 12.1. The van der Waals surface area contributed by atoms with Crippen LogP contribution in [-0.2, 0) is 20.9 Å². The number of thiophene rings is 1. The summed E-state index contributed by atoms with van der Waals surface area (Å²) in [6, 6.07) is 3.63. The van der Waals surface area contributed by atoms with Gasteiger partial charge >= 0.3 is 5.97 Å². The van der Waals surface area contributed by atoms with E-state index in [1.54, 1.807) is 6.07 Å². The van der Waals surface area contributed by atoms with E-state index in [0.717, 1.165) is 35.1 Å². The van der Waals surface area contributed by atoms with E-state index in [1.165, 1.54) is 22.3 Å². The number of carbonyl (C=O) groups excluding carboxylic acids is 2. The Kier molecular flexibility index (Phi) is 3.63. The van der Waals surface area contributed by atoms with Crippen LogP contribution in [0.5, 0.6) is 0 Å². The second kappa shape index (κ2) is 5.44. The number of carboxylic acids is 1. The maximum absolute atomic E-state index is 12.2. The highest BCUT2D eigenvalue weighted by Crippen LogP contribution is 2.40. The predicted octanol–water partition coefficient (Wildman–Crippen LogP) is 2.13. The quantitative estimate of drug-likeness (QED) is 0.683. The molecule has 0 aromatic carbocycles. The van der Waals surface area contributed by atoms with Crippen LogP contribution in [0.1, 0.15) is 29.0 Å². The van der Waals surface area contributed by atoms with E-state index >= 15 is 0 Å². The molecule has 1 N–H and O–H groups in total. The van der Waals surface area contributed by atoms with E-state index < -0.39 is 5.97 Å². The molecule has 21 heavy (non-hydrogen) atoms. The van der Waals surface area contributed by atoms with E-state index in [-0.39, 0.29) is 23.7 Å². The van der Waals surface area contributed by atoms with Crippen LogP contribution in [0, 0.1) is 11.8 Å². The predicted molar refractivity (Wildman–Crippen MR) is 77.4 cm³/mol. The molecule has 2 amide bonds. The molecule has 1 aliphatic carbocycles. The van der Waals surface area contributed by atoms with E-state index in [9.17, 15) is 14.4 Å². The average molecular weight is 305 g/mol. The second-order valence-corrected chi connectivity index (χ2v) is 6.58. The summed E-state index contributed by atoms with van der Waals surface area (Å²) >= 11 is 1.40. The molecule has 2 heterocycles. The van der Waals surface area contributed by atoms with Crippen molar-refractivity contribution in [3.8, 4) is 0 Å². The van der Waals surface area contributed by atoms with Crippen LogP contribution < -0.4 is 0 Å².